The van der Waals surface area contributed by atoms with Crippen molar-refractivity contribution in [3.63, 3.8) is 0 Å². The number of carbonyl (C=O) groups is 1. The van der Waals surface area contributed by atoms with E-state index in [0.29, 0.717) is 30.2 Å². The first-order chi connectivity index (χ1) is 17.5. The van der Waals surface area contributed by atoms with Gasteiger partial charge in [-0.3, -0.25) is 4.79 Å². The van der Waals surface area contributed by atoms with Crippen LogP contribution in [0.2, 0.25) is 0 Å². The van der Waals surface area contributed by atoms with E-state index in [0.717, 1.165) is 11.1 Å². The van der Waals surface area contributed by atoms with Crippen molar-refractivity contribution in [3.05, 3.63) is 101 Å². The Balaban J connectivity index is 1.49. The number of halogens is 2. The molecule has 1 N–H and O–H groups in total. The summed E-state index contributed by atoms with van der Waals surface area (Å²) < 4.78 is 44.5. The maximum Gasteiger partial charge on any atom is 0.275 e. The molecule has 4 rings (SSSR count). The van der Waals surface area contributed by atoms with Crippen molar-refractivity contribution in [3.8, 4) is 22.9 Å². The summed E-state index contributed by atoms with van der Waals surface area (Å²) in [5.41, 5.74) is 2.32. The normalized spacial score (nSPS) is 10.7. The molecule has 0 fully saturated rings. The van der Waals surface area contributed by atoms with Gasteiger partial charge in [0.05, 0.1) is 26.1 Å². The molecule has 0 radical (unpaired) electrons. The van der Waals surface area contributed by atoms with Gasteiger partial charge in [-0.15, -0.1) is 0 Å². The van der Waals surface area contributed by atoms with E-state index in [4.69, 9.17) is 14.2 Å². The molecular weight excluding hydrogens is 468 g/mol. The summed E-state index contributed by atoms with van der Waals surface area (Å²) in [4.78, 5) is 13.0. The monoisotopic (exact) mass is 493 g/mol. The second kappa shape index (κ2) is 11.4. The fourth-order valence-corrected chi connectivity index (χ4v) is 3.53. The first-order valence-corrected chi connectivity index (χ1v) is 11.2. The Morgan fingerprint density at radius 3 is 2.17 bits per heavy atom. The lowest BCUT2D eigenvalue weighted by molar-refractivity contribution is 0.0944. The van der Waals surface area contributed by atoms with Crippen LogP contribution in [0.5, 0.6) is 17.2 Å². The zero-order chi connectivity index (χ0) is 25.5. The zero-order valence-electron chi connectivity index (χ0n) is 19.8. The van der Waals surface area contributed by atoms with Crippen molar-refractivity contribution in [1.29, 1.82) is 0 Å². The Hall–Kier alpha value is -4.40. The Morgan fingerprint density at radius 2 is 1.50 bits per heavy atom. The molecule has 0 saturated heterocycles. The molecule has 0 aliphatic carbocycles. The first-order valence-electron chi connectivity index (χ1n) is 11.2. The van der Waals surface area contributed by atoms with E-state index >= 15 is 0 Å². The van der Waals surface area contributed by atoms with Crippen molar-refractivity contribution < 1.29 is 27.8 Å². The lowest BCUT2D eigenvalue weighted by atomic mass is 10.1. The molecule has 9 heteroatoms. The highest BCUT2D eigenvalue weighted by Gasteiger charge is 2.19. The fraction of sp³-hybridized carbons (Fsp3) is 0.185. The number of hydrogen-bond donors (Lipinski definition) is 1. The molecule has 1 aromatic heterocycles. The number of nitrogens with one attached hydrogen (secondary N) is 1. The van der Waals surface area contributed by atoms with Crippen molar-refractivity contribution >= 4 is 5.91 Å². The molecule has 1 heterocycles. The maximum atomic E-state index is 13.4. The average molecular weight is 494 g/mol. The van der Waals surface area contributed by atoms with Gasteiger partial charge >= 0.3 is 0 Å². The molecule has 1 amide bonds. The summed E-state index contributed by atoms with van der Waals surface area (Å²) >= 11 is 0. The second-order valence-corrected chi connectivity index (χ2v) is 7.87. The van der Waals surface area contributed by atoms with Crippen LogP contribution in [0.1, 0.15) is 21.6 Å². The van der Waals surface area contributed by atoms with Gasteiger partial charge in [0, 0.05) is 6.54 Å². The van der Waals surface area contributed by atoms with Crippen LogP contribution in [0.15, 0.2) is 72.9 Å². The molecule has 0 aliphatic heterocycles. The predicted molar refractivity (Wildman–Crippen MR) is 130 cm³/mol. The Morgan fingerprint density at radius 1 is 0.861 bits per heavy atom. The molecule has 4 aromatic rings. The lowest BCUT2D eigenvalue weighted by Gasteiger charge is -2.10. The van der Waals surface area contributed by atoms with Crippen molar-refractivity contribution in [2.75, 3.05) is 20.8 Å². The Kier molecular flexibility index (Phi) is 7.79. The van der Waals surface area contributed by atoms with E-state index < -0.39 is 5.91 Å². The summed E-state index contributed by atoms with van der Waals surface area (Å²) in [6, 6.07) is 17.1. The van der Waals surface area contributed by atoms with Crippen LogP contribution >= 0.6 is 0 Å². The third-order valence-electron chi connectivity index (χ3n) is 5.44. The molecule has 0 saturated carbocycles. The van der Waals surface area contributed by atoms with Crippen molar-refractivity contribution in [2.24, 2.45) is 0 Å². The van der Waals surface area contributed by atoms with Gasteiger partial charge in [-0.25, -0.2) is 13.5 Å². The van der Waals surface area contributed by atoms with E-state index in [1.54, 1.807) is 44.7 Å². The summed E-state index contributed by atoms with van der Waals surface area (Å²) in [5.74, 6) is 0.317. The third-order valence-corrected chi connectivity index (χ3v) is 5.44. The molecule has 36 heavy (non-hydrogen) atoms. The van der Waals surface area contributed by atoms with Crippen LogP contribution in [0.3, 0.4) is 0 Å². The average Bonchev–Trinajstić information content (AvgIpc) is 3.33. The number of benzene rings is 3. The number of methoxy groups -OCH3 is 2. The number of amides is 1. The standard InChI is InChI=1S/C27H25F2N3O4/c1-34-23-12-5-18(15-24(23)35-2)13-14-30-27(33)26-25(36-17-19-3-6-20(28)7-4-19)16-32(31-26)22-10-8-21(29)9-11-22/h3-12,15-16H,13-14,17H2,1-2H3,(H,30,33). The van der Waals surface area contributed by atoms with Gasteiger partial charge in [-0.1, -0.05) is 18.2 Å². The topological polar surface area (TPSA) is 74.6 Å². The number of hydrogen-bond acceptors (Lipinski definition) is 5. The highest BCUT2D eigenvalue weighted by Crippen LogP contribution is 2.27. The highest BCUT2D eigenvalue weighted by molar-refractivity contribution is 5.95. The quantitative estimate of drug-likeness (QED) is 0.346. The van der Waals surface area contributed by atoms with Gasteiger partial charge in [-0.05, 0) is 66.1 Å². The van der Waals surface area contributed by atoms with Crippen LogP contribution in [0, 0.1) is 11.6 Å². The fourth-order valence-electron chi connectivity index (χ4n) is 3.53. The van der Waals surface area contributed by atoms with E-state index in [-0.39, 0.29) is 29.7 Å². The molecular formula is C27H25F2N3O4. The van der Waals surface area contributed by atoms with E-state index in [1.165, 1.54) is 28.9 Å². The number of ether oxygens (including phenoxy) is 3. The zero-order valence-corrected chi connectivity index (χ0v) is 19.8. The molecule has 186 valence electrons. The molecule has 3 aromatic carbocycles. The van der Waals surface area contributed by atoms with Crippen LogP contribution in [-0.2, 0) is 13.0 Å². The van der Waals surface area contributed by atoms with Crippen LogP contribution < -0.4 is 19.5 Å². The Labute approximate surface area is 207 Å². The number of carbonyl (C=O) groups excluding carboxylic acids is 1. The molecule has 0 spiro atoms. The van der Waals surface area contributed by atoms with Crippen LogP contribution in [0.4, 0.5) is 8.78 Å². The van der Waals surface area contributed by atoms with E-state index in [2.05, 4.69) is 10.4 Å². The molecule has 0 unspecified atom stereocenters. The minimum absolute atomic E-state index is 0.0775. The van der Waals surface area contributed by atoms with Gasteiger partial charge in [-0.2, -0.15) is 5.10 Å². The number of rotatable bonds is 10. The highest BCUT2D eigenvalue weighted by atomic mass is 19.1. The largest absolute Gasteiger partial charge is 0.493 e. The minimum atomic E-state index is -0.426. The van der Waals surface area contributed by atoms with Gasteiger partial charge in [0.25, 0.3) is 5.91 Å². The molecule has 0 aliphatic rings. The molecule has 0 bridgehead atoms. The van der Waals surface area contributed by atoms with Crippen molar-refractivity contribution in [1.82, 2.24) is 15.1 Å². The summed E-state index contributed by atoms with van der Waals surface area (Å²) in [7, 11) is 3.13. The molecule has 0 atom stereocenters. The Bertz CT molecular complexity index is 1320. The lowest BCUT2D eigenvalue weighted by Crippen LogP contribution is -2.26. The van der Waals surface area contributed by atoms with E-state index in [9.17, 15) is 13.6 Å². The van der Waals surface area contributed by atoms with Crippen molar-refractivity contribution in [2.45, 2.75) is 13.0 Å². The second-order valence-electron chi connectivity index (χ2n) is 7.87. The summed E-state index contributed by atoms with van der Waals surface area (Å²) in [5, 5.41) is 7.23. The van der Waals surface area contributed by atoms with E-state index in [1.807, 2.05) is 18.2 Å². The summed E-state index contributed by atoms with van der Waals surface area (Å²) in [6.45, 7) is 0.455. The third kappa shape index (κ3) is 5.99. The van der Waals surface area contributed by atoms with Crippen LogP contribution in [-0.4, -0.2) is 36.5 Å². The smallest absolute Gasteiger partial charge is 0.275 e. The minimum Gasteiger partial charge on any atom is -0.493 e. The number of nitrogens with zero attached hydrogens (tertiary/aromatic N) is 2. The van der Waals surface area contributed by atoms with Gasteiger partial charge < -0.3 is 19.5 Å². The maximum absolute atomic E-state index is 13.4. The first kappa shape index (κ1) is 24.7. The predicted octanol–water partition coefficient (Wildman–Crippen LogP) is 4.72. The number of aromatic nitrogens is 2. The van der Waals surface area contributed by atoms with Gasteiger partial charge in [0.2, 0.25) is 0 Å². The van der Waals surface area contributed by atoms with Gasteiger partial charge in [0.15, 0.2) is 22.9 Å². The molecule has 7 nitrogen and oxygen atoms in total. The summed E-state index contributed by atoms with van der Waals surface area (Å²) in [6.07, 6.45) is 2.11. The van der Waals surface area contributed by atoms with Crippen LogP contribution in [0.25, 0.3) is 5.69 Å². The SMILES string of the molecule is COc1ccc(CCNC(=O)c2nn(-c3ccc(F)cc3)cc2OCc2ccc(F)cc2)cc1OC. The van der Waals surface area contributed by atoms with Gasteiger partial charge in [0.1, 0.15) is 18.2 Å².